The SMILES string of the molecule is CCOC(=O)c1c(NC(C)=O)sc(C)c1-c1ccccc1. The Morgan fingerprint density at radius 3 is 2.48 bits per heavy atom. The molecule has 0 saturated carbocycles. The third kappa shape index (κ3) is 3.31. The van der Waals surface area contributed by atoms with Gasteiger partial charge < -0.3 is 10.1 Å². The minimum Gasteiger partial charge on any atom is -0.462 e. The monoisotopic (exact) mass is 303 g/mol. The first-order chi connectivity index (χ1) is 10.0. The third-order valence-electron chi connectivity index (χ3n) is 2.92. The van der Waals surface area contributed by atoms with Crippen molar-refractivity contribution in [1.82, 2.24) is 0 Å². The molecule has 0 aliphatic rings. The van der Waals surface area contributed by atoms with Crippen molar-refractivity contribution in [1.29, 1.82) is 0 Å². The molecule has 0 fully saturated rings. The molecule has 2 rings (SSSR count). The first-order valence-corrected chi connectivity index (χ1v) is 7.49. The average Bonchev–Trinajstić information content (AvgIpc) is 2.75. The number of amides is 1. The maximum absolute atomic E-state index is 12.3. The van der Waals surface area contributed by atoms with Crippen LogP contribution in [0.2, 0.25) is 0 Å². The summed E-state index contributed by atoms with van der Waals surface area (Å²) in [5.41, 5.74) is 2.19. The Labute approximate surface area is 127 Å². The van der Waals surface area contributed by atoms with Crippen LogP contribution in [0.5, 0.6) is 0 Å². The van der Waals surface area contributed by atoms with Crippen molar-refractivity contribution in [2.75, 3.05) is 11.9 Å². The van der Waals surface area contributed by atoms with Crippen LogP contribution in [0.3, 0.4) is 0 Å². The molecule has 5 heteroatoms. The zero-order valence-electron chi connectivity index (χ0n) is 12.2. The van der Waals surface area contributed by atoms with Crippen LogP contribution in [0, 0.1) is 6.92 Å². The Kier molecular flexibility index (Phi) is 4.75. The van der Waals surface area contributed by atoms with E-state index >= 15 is 0 Å². The number of ether oxygens (including phenoxy) is 1. The van der Waals surface area contributed by atoms with E-state index in [1.54, 1.807) is 6.92 Å². The molecule has 0 aliphatic heterocycles. The minimum atomic E-state index is -0.413. The Morgan fingerprint density at radius 1 is 1.24 bits per heavy atom. The highest BCUT2D eigenvalue weighted by molar-refractivity contribution is 7.17. The van der Waals surface area contributed by atoms with Gasteiger partial charge in [0.15, 0.2) is 0 Å². The summed E-state index contributed by atoms with van der Waals surface area (Å²) in [7, 11) is 0. The number of rotatable bonds is 4. The number of hydrogen-bond donors (Lipinski definition) is 1. The molecule has 0 saturated heterocycles. The molecular formula is C16H17NO3S. The lowest BCUT2D eigenvalue weighted by atomic mass is 10.0. The summed E-state index contributed by atoms with van der Waals surface area (Å²) in [6.07, 6.45) is 0. The molecule has 0 spiro atoms. The highest BCUT2D eigenvalue weighted by Crippen LogP contribution is 2.40. The number of aryl methyl sites for hydroxylation is 1. The van der Waals surface area contributed by atoms with E-state index in [4.69, 9.17) is 4.74 Å². The van der Waals surface area contributed by atoms with E-state index < -0.39 is 5.97 Å². The Morgan fingerprint density at radius 2 is 1.90 bits per heavy atom. The number of anilines is 1. The predicted octanol–water partition coefficient (Wildman–Crippen LogP) is 3.86. The molecule has 2 aromatic rings. The van der Waals surface area contributed by atoms with Crippen LogP contribution in [0.15, 0.2) is 30.3 Å². The highest BCUT2D eigenvalue weighted by Gasteiger charge is 2.24. The highest BCUT2D eigenvalue weighted by atomic mass is 32.1. The molecule has 0 aliphatic carbocycles. The molecular weight excluding hydrogens is 286 g/mol. The molecule has 1 aromatic heterocycles. The summed E-state index contributed by atoms with van der Waals surface area (Å²) >= 11 is 1.39. The van der Waals surface area contributed by atoms with Gasteiger partial charge in [0, 0.05) is 17.4 Å². The van der Waals surface area contributed by atoms with E-state index in [0.717, 1.165) is 16.0 Å². The van der Waals surface area contributed by atoms with Crippen molar-refractivity contribution in [2.24, 2.45) is 0 Å². The van der Waals surface area contributed by atoms with Crippen LogP contribution in [0.4, 0.5) is 5.00 Å². The zero-order valence-corrected chi connectivity index (χ0v) is 13.0. The summed E-state index contributed by atoms with van der Waals surface area (Å²) in [6, 6.07) is 9.63. The molecule has 21 heavy (non-hydrogen) atoms. The molecule has 110 valence electrons. The number of esters is 1. The maximum Gasteiger partial charge on any atom is 0.341 e. The largest absolute Gasteiger partial charge is 0.462 e. The molecule has 0 radical (unpaired) electrons. The van der Waals surface area contributed by atoms with Crippen LogP contribution in [-0.2, 0) is 9.53 Å². The fraction of sp³-hybridized carbons (Fsp3) is 0.250. The second-order valence-electron chi connectivity index (χ2n) is 4.51. The fourth-order valence-corrected chi connectivity index (χ4v) is 3.25. The van der Waals surface area contributed by atoms with Crippen molar-refractivity contribution in [3.63, 3.8) is 0 Å². The number of carbonyl (C=O) groups excluding carboxylic acids is 2. The molecule has 0 unspecified atom stereocenters. The van der Waals surface area contributed by atoms with Crippen molar-refractivity contribution in [2.45, 2.75) is 20.8 Å². The van der Waals surface area contributed by atoms with E-state index in [2.05, 4.69) is 5.32 Å². The van der Waals surface area contributed by atoms with Gasteiger partial charge in [-0.15, -0.1) is 11.3 Å². The standard InChI is InChI=1S/C16H17NO3S/c1-4-20-16(19)14-13(12-8-6-5-7-9-12)10(2)21-15(14)17-11(3)18/h5-9H,4H2,1-3H3,(H,17,18). The Balaban J connectivity index is 2.60. The van der Waals surface area contributed by atoms with Gasteiger partial charge in [0.2, 0.25) is 5.91 Å². The molecule has 0 atom stereocenters. The van der Waals surface area contributed by atoms with Gasteiger partial charge in [0.25, 0.3) is 0 Å². The van der Waals surface area contributed by atoms with E-state index in [9.17, 15) is 9.59 Å². The average molecular weight is 303 g/mol. The Bertz CT molecular complexity index is 662. The smallest absolute Gasteiger partial charge is 0.341 e. The van der Waals surface area contributed by atoms with Gasteiger partial charge in [0.05, 0.1) is 6.61 Å². The van der Waals surface area contributed by atoms with Crippen molar-refractivity contribution in [3.05, 3.63) is 40.8 Å². The van der Waals surface area contributed by atoms with Gasteiger partial charge in [-0.2, -0.15) is 0 Å². The first kappa shape index (κ1) is 15.3. The van der Waals surface area contributed by atoms with E-state index in [1.165, 1.54) is 18.3 Å². The fourth-order valence-electron chi connectivity index (χ4n) is 2.14. The number of hydrogen-bond acceptors (Lipinski definition) is 4. The number of thiophene rings is 1. The van der Waals surface area contributed by atoms with Gasteiger partial charge in [-0.3, -0.25) is 4.79 Å². The normalized spacial score (nSPS) is 10.2. The van der Waals surface area contributed by atoms with Crippen molar-refractivity contribution < 1.29 is 14.3 Å². The minimum absolute atomic E-state index is 0.207. The summed E-state index contributed by atoms with van der Waals surface area (Å²) in [6.45, 7) is 5.41. The van der Waals surface area contributed by atoms with Crippen LogP contribution in [-0.4, -0.2) is 18.5 Å². The van der Waals surface area contributed by atoms with E-state index in [-0.39, 0.29) is 5.91 Å². The summed E-state index contributed by atoms with van der Waals surface area (Å²) < 4.78 is 5.14. The molecule has 0 bridgehead atoms. The van der Waals surface area contributed by atoms with Gasteiger partial charge >= 0.3 is 5.97 Å². The second-order valence-corrected chi connectivity index (χ2v) is 5.73. The van der Waals surface area contributed by atoms with Gasteiger partial charge in [-0.25, -0.2) is 4.79 Å². The van der Waals surface area contributed by atoms with Crippen LogP contribution < -0.4 is 5.32 Å². The van der Waals surface area contributed by atoms with Gasteiger partial charge in [-0.05, 0) is 19.4 Å². The zero-order chi connectivity index (χ0) is 15.4. The topological polar surface area (TPSA) is 55.4 Å². The molecule has 4 nitrogen and oxygen atoms in total. The lowest BCUT2D eigenvalue weighted by Crippen LogP contribution is -2.11. The number of nitrogens with one attached hydrogen (secondary N) is 1. The lowest BCUT2D eigenvalue weighted by molar-refractivity contribution is -0.114. The lowest BCUT2D eigenvalue weighted by Gasteiger charge is -2.08. The van der Waals surface area contributed by atoms with Crippen LogP contribution in [0.1, 0.15) is 29.1 Å². The quantitative estimate of drug-likeness (QED) is 0.873. The van der Waals surface area contributed by atoms with Crippen LogP contribution in [0.25, 0.3) is 11.1 Å². The second kappa shape index (κ2) is 6.54. The third-order valence-corrected chi connectivity index (χ3v) is 3.94. The maximum atomic E-state index is 12.3. The van der Waals surface area contributed by atoms with Gasteiger partial charge in [0.1, 0.15) is 10.6 Å². The summed E-state index contributed by atoms with van der Waals surface area (Å²) in [5, 5.41) is 3.26. The van der Waals surface area contributed by atoms with E-state index in [0.29, 0.717) is 17.2 Å². The van der Waals surface area contributed by atoms with Gasteiger partial charge in [-0.1, -0.05) is 30.3 Å². The van der Waals surface area contributed by atoms with Crippen LogP contribution >= 0.6 is 11.3 Å². The first-order valence-electron chi connectivity index (χ1n) is 6.68. The van der Waals surface area contributed by atoms with Crippen molar-refractivity contribution >= 4 is 28.2 Å². The predicted molar refractivity (Wildman–Crippen MR) is 84.8 cm³/mol. The molecule has 1 aromatic carbocycles. The van der Waals surface area contributed by atoms with E-state index in [1.807, 2.05) is 37.3 Å². The molecule has 1 heterocycles. The molecule has 1 N–H and O–H groups in total. The number of benzene rings is 1. The Hall–Kier alpha value is -2.14. The summed E-state index contributed by atoms with van der Waals surface area (Å²) in [4.78, 5) is 24.6. The summed E-state index contributed by atoms with van der Waals surface area (Å²) in [5.74, 6) is -0.620. The molecule has 1 amide bonds. The number of carbonyl (C=O) groups is 2. The van der Waals surface area contributed by atoms with Crippen molar-refractivity contribution in [3.8, 4) is 11.1 Å².